The highest BCUT2D eigenvalue weighted by Gasteiger charge is 2.28. The maximum Gasteiger partial charge on any atom is 0.344 e. The Labute approximate surface area is 168 Å². The number of carbonyl (C=O) groups excluding carboxylic acids is 1. The van der Waals surface area contributed by atoms with Crippen LogP contribution in [-0.2, 0) is 10.2 Å². The number of ether oxygens (including phenoxy) is 1. The SMILES string of the molecule is NC1=NS(=O)(=O)Nc2cccc(OC[C@H]3CCCN(C(=O)c4cnccn4)C3)c21. The maximum atomic E-state index is 12.6. The number of rotatable bonds is 4. The van der Waals surface area contributed by atoms with Crippen molar-refractivity contribution in [3.05, 3.63) is 48.0 Å². The minimum Gasteiger partial charge on any atom is -0.492 e. The number of nitrogens with one attached hydrogen (secondary N) is 1. The number of piperidine rings is 1. The highest BCUT2D eigenvalue weighted by Crippen LogP contribution is 2.31. The fraction of sp³-hybridized carbons (Fsp3) is 0.333. The summed E-state index contributed by atoms with van der Waals surface area (Å²) in [6.45, 7) is 1.56. The molecule has 2 aliphatic heterocycles. The largest absolute Gasteiger partial charge is 0.492 e. The summed E-state index contributed by atoms with van der Waals surface area (Å²) >= 11 is 0. The topological polar surface area (TPSA) is 140 Å². The van der Waals surface area contributed by atoms with Crippen molar-refractivity contribution in [3.8, 4) is 5.75 Å². The first-order valence-corrected chi connectivity index (χ1v) is 10.6. The van der Waals surface area contributed by atoms with E-state index in [1.807, 2.05) is 0 Å². The molecule has 29 heavy (non-hydrogen) atoms. The smallest absolute Gasteiger partial charge is 0.344 e. The van der Waals surface area contributed by atoms with Gasteiger partial charge in [0.15, 0.2) is 5.84 Å². The zero-order chi connectivity index (χ0) is 20.4. The van der Waals surface area contributed by atoms with Crippen molar-refractivity contribution in [3.63, 3.8) is 0 Å². The Morgan fingerprint density at radius 1 is 1.34 bits per heavy atom. The lowest BCUT2D eigenvalue weighted by atomic mass is 9.98. The number of likely N-dealkylation sites (tertiary alicyclic amines) is 1. The average Bonchev–Trinajstić information content (AvgIpc) is 2.71. The lowest BCUT2D eigenvalue weighted by molar-refractivity contribution is 0.0627. The number of aromatic nitrogens is 2. The third kappa shape index (κ3) is 4.14. The van der Waals surface area contributed by atoms with Crippen LogP contribution in [0.3, 0.4) is 0 Å². The number of amides is 1. The van der Waals surface area contributed by atoms with Crippen molar-refractivity contribution in [2.45, 2.75) is 12.8 Å². The normalized spacial score (nSPS) is 20.2. The van der Waals surface area contributed by atoms with Crippen LogP contribution >= 0.6 is 0 Å². The molecule has 1 amide bonds. The zero-order valence-electron chi connectivity index (χ0n) is 15.5. The first-order chi connectivity index (χ1) is 13.9. The number of carbonyl (C=O) groups is 1. The van der Waals surface area contributed by atoms with Gasteiger partial charge in [-0.3, -0.25) is 14.5 Å². The molecular formula is C18H20N6O4S. The number of hydrogen-bond acceptors (Lipinski definition) is 7. The van der Waals surface area contributed by atoms with Gasteiger partial charge >= 0.3 is 10.2 Å². The van der Waals surface area contributed by atoms with Gasteiger partial charge in [-0.15, -0.1) is 4.40 Å². The van der Waals surface area contributed by atoms with E-state index in [-0.39, 0.29) is 17.7 Å². The first kappa shape index (κ1) is 19.1. The molecule has 2 aromatic rings. The van der Waals surface area contributed by atoms with Crippen molar-refractivity contribution in [2.24, 2.45) is 16.0 Å². The van der Waals surface area contributed by atoms with Gasteiger partial charge in [-0.25, -0.2) is 4.98 Å². The maximum absolute atomic E-state index is 12.6. The Hall–Kier alpha value is -3.21. The van der Waals surface area contributed by atoms with Crippen LogP contribution in [0.2, 0.25) is 0 Å². The fourth-order valence-corrected chi connectivity index (χ4v) is 4.35. The summed E-state index contributed by atoms with van der Waals surface area (Å²) in [5, 5.41) is 0. The standard InChI is InChI=1S/C18H20N6O4S/c19-17-16-13(22-29(26,27)23-17)4-1-5-15(16)28-11-12-3-2-8-24(10-12)18(25)14-9-20-6-7-21-14/h1,4-7,9,12,22H,2-3,8,10-11H2,(H2,19,23)/t12-/m0/s1. The van der Waals surface area contributed by atoms with E-state index in [4.69, 9.17) is 10.5 Å². The van der Waals surface area contributed by atoms with E-state index >= 15 is 0 Å². The highest BCUT2D eigenvalue weighted by atomic mass is 32.2. The minimum absolute atomic E-state index is 0.113. The summed E-state index contributed by atoms with van der Waals surface area (Å²) in [6.07, 6.45) is 6.25. The molecule has 0 spiro atoms. The third-order valence-corrected chi connectivity index (χ3v) is 5.72. The van der Waals surface area contributed by atoms with Crippen LogP contribution in [0.1, 0.15) is 28.9 Å². The van der Waals surface area contributed by atoms with Gasteiger partial charge in [-0.2, -0.15) is 8.42 Å². The van der Waals surface area contributed by atoms with Gasteiger partial charge in [0.1, 0.15) is 11.4 Å². The summed E-state index contributed by atoms with van der Waals surface area (Å²) in [4.78, 5) is 22.4. The number of amidine groups is 1. The van der Waals surface area contributed by atoms with Crippen LogP contribution in [-0.4, -0.2) is 54.7 Å². The number of nitrogens with zero attached hydrogens (tertiary/aromatic N) is 4. The molecule has 1 aromatic carbocycles. The Bertz CT molecular complexity index is 1060. The first-order valence-electron chi connectivity index (χ1n) is 9.12. The molecule has 3 N–H and O–H groups in total. The monoisotopic (exact) mass is 416 g/mol. The van der Waals surface area contributed by atoms with E-state index in [1.54, 1.807) is 23.1 Å². The van der Waals surface area contributed by atoms with Crippen LogP contribution in [0, 0.1) is 5.92 Å². The third-order valence-electron chi connectivity index (χ3n) is 4.80. The minimum atomic E-state index is -3.84. The molecule has 11 heteroatoms. The molecule has 10 nitrogen and oxygen atoms in total. The molecule has 0 radical (unpaired) electrons. The predicted octanol–water partition coefficient (Wildman–Crippen LogP) is 0.783. The van der Waals surface area contributed by atoms with E-state index in [2.05, 4.69) is 19.1 Å². The Morgan fingerprint density at radius 3 is 3.00 bits per heavy atom. The molecule has 1 aromatic heterocycles. The van der Waals surface area contributed by atoms with Crippen molar-refractivity contribution in [2.75, 3.05) is 24.4 Å². The summed E-state index contributed by atoms with van der Waals surface area (Å²) in [6, 6.07) is 5.00. The predicted molar refractivity (Wildman–Crippen MR) is 106 cm³/mol. The summed E-state index contributed by atoms with van der Waals surface area (Å²) < 4.78 is 35.2. The number of anilines is 1. The number of fused-ring (bicyclic) bond motifs is 1. The van der Waals surface area contributed by atoms with E-state index in [0.717, 1.165) is 12.8 Å². The molecule has 1 fully saturated rings. The average molecular weight is 416 g/mol. The van der Waals surface area contributed by atoms with Crippen molar-refractivity contribution in [1.82, 2.24) is 14.9 Å². The lowest BCUT2D eigenvalue weighted by Gasteiger charge is -2.32. The van der Waals surface area contributed by atoms with Crippen molar-refractivity contribution < 1.29 is 17.9 Å². The quantitative estimate of drug-likeness (QED) is 0.750. The number of benzene rings is 1. The molecule has 1 atom stereocenters. The highest BCUT2D eigenvalue weighted by molar-refractivity contribution is 7.91. The molecule has 1 saturated heterocycles. The van der Waals surface area contributed by atoms with Gasteiger partial charge < -0.3 is 15.4 Å². The summed E-state index contributed by atoms with van der Waals surface area (Å²) in [5.74, 6) is 0.310. The molecular weight excluding hydrogens is 396 g/mol. The van der Waals surface area contributed by atoms with Gasteiger partial charge in [0.25, 0.3) is 5.91 Å². The van der Waals surface area contributed by atoms with E-state index in [1.165, 1.54) is 18.6 Å². The fourth-order valence-electron chi connectivity index (χ4n) is 3.50. The second-order valence-corrected chi connectivity index (χ2v) is 8.23. The molecule has 0 bridgehead atoms. The van der Waals surface area contributed by atoms with E-state index in [9.17, 15) is 13.2 Å². The van der Waals surface area contributed by atoms with Gasteiger partial charge in [0.2, 0.25) is 0 Å². The summed E-state index contributed by atoms with van der Waals surface area (Å²) in [5.41, 5.74) is 6.92. The lowest BCUT2D eigenvalue weighted by Crippen LogP contribution is -2.42. The van der Waals surface area contributed by atoms with E-state index in [0.29, 0.717) is 42.4 Å². The van der Waals surface area contributed by atoms with Crippen LogP contribution in [0.4, 0.5) is 5.69 Å². The van der Waals surface area contributed by atoms with Crippen LogP contribution in [0.25, 0.3) is 0 Å². The molecule has 0 saturated carbocycles. The number of nitrogens with two attached hydrogens (primary N) is 1. The van der Waals surface area contributed by atoms with Crippen molar-refractivity contribution in [1.29, 1.82) is 0 Å². The number of hydrogen-bond donors (Lipinski definition) is 2. The Morgan fingerprint density at radius 2 is 2.21 bits per heavy atom. The van der Waals surface area contributed by atoms with Crippen LogP contribution in [0.15, 0.2) is 41.2 Å². The zero-order valence-corrected chi connectivity index (χ0v) is 16.3. The second kappa shape index (κ2) is 7.66. The molecule has 3 heterocycles. The van der Waals surface area contributed by atoms with Crippen molar-refractivity contribution >= 4 is 27.6 Å². The van der Waals surface area contributed by atoms with Gasteiger partial charge in [0, 0.05) is 31.4 Å². The molecule has 152 valence electrons. The molecule has 0 unspecified atom stereocenters. The second-order valence-electron chi connectivity index (χ2n) is 6.89. The van der Waals surface area contributed by atoms with Gasteiger partial charge in [0.05, 0.1) is 24.1 Å². The molecule has 2 aliphatic rings. The Kier molecular flexibility index (Phi) is 5.05. The van der Waals surface area contributed by atoms with E-state index < -0.39 is 10.2 Å². The Balaban J connectivity index is 1.44. The van der Waals surface area contributed by atoms with Gasteiger partial charge in [-0.1, -0.05) is 6.07 Å². The van der Waals surface area contributed by atoms with Crippen LogP contribution in [0.5, 0.6) is 5.75 Å². The molecule has 4 rings (SSSR count). The van der Waals surface area contributed by atoms with Crippen LogP contribution < -0.4 is 15.2 Å². The summed E-state index contributed by atoms with van der Waals surface area (Å²) in [7, 11) is -3.84. The van der Waals surface area contributed by atoms with Gasteiger partial charge in [-0.05, 0) is 25.0 Å². The molecule has 0 aliphatic carbocycles.